The minimum atomic E-state index is 0.717. The monoisotopic (exact) mass is 262 g/mol. The van der Waals surface area contributed by atoms with Gasteiger partial charge in [0.15, 0.2) is 0 Å². The summed E-state index contributed by atoms with van der Waals surface area (Å²) in [6.07, 6.45) is 0. The quantitative estimate of drug-likeness (QED) is 0.563. The summed E-state index contributed by atoms with van der Waals surface area (Å²) in [5.41, 5.74) is 1.42. The Morgan fingerprint density at radius 2 is 1.78 bits per heavy atom. The van der Waals surface area contributed by atoms with Crippen LogP contribution in [0.5, 0.6) is 0 Å². The average molecular weight is 263 g/mol. The predicted molar refractivity (Wildman–Crippen MR) is 80.0 cm³/mol. The van der Waals surface area contributed by atoms with Crippen LogP contribution in [0.1, 0.15) is 12.5 Å². The van der Waals surface area contributed by atoms with E-state index < -0.39 is 0 Å². The molecule has 1 atom stereocenters. The van der Waals surface area contributed by atoms with Gasteiger partial charge in [-0.15, -0.1) is 11.6 Å². The Balaban J connectivity index is 2.36. The molecule has 18 heavy (non-hydrogen) atoms. The number of quaternary nitrogens is 1. The molecule has 0 aliphatic heterocycles. The van der Waals surface area contributed by atoms with Crippen molar-refractivity contribution in [1.29, 1.82) is 0 Å². The molecule has 0 aliphatic carbocycles. The lowest BCUT2D eigenvalue weighted by atomic mass is 10.0. The van der Waals surface area contributed by atoms with E-state index >= 15 is 0 Å². The fourth-order valence-corrected chi connectivity index (χ4v) is 2.80. The van der Waals surface area contributed by atoms with Crippen LogP contribution in [0.15, 0.2) is 42.5 Å². The largest absolute Gasteiger partial charge is 0.322 e. The first-order chi connectivity index (χ1) is 8.68. The van der Waals surface area contributed by atoms with Crippen LogP contribution in [0.4, 0.5) is 0 Å². The van der Waals surface area contributed by atoms with E-state index in [2.05, 4.69) is 56.4 Å². The highest BCUT2D eigenvalue weighted by Gasteiger charge is 2.19. The molecule has 0 bridgehead atoms. The fourth-order valence-electron chi connectivity index (χ4n) is 2.39. The van der Waals surface area contributed by atoms with Crippen LogP contribution in [-0.2, 0) is 6.54 Å². The molecular formula is C16H21ClN+. The molecule has 0 radical (unpaired) electrons. The van der Waals surface area contributed by atoms with Crippen molar-refractivity contribution in [2.75, 3.05) is 26.0 Å². The minimum absolute atomic E-state index is 0.717. The molecular weight excluding hydrogens is 242 g/mol. The number of hydrogen-bond acceptors (Lipinski definition) is 0. The first-order valence-corrected chi connectivity index (χ1v) is 7.08. The Labute approximate surface area is 115 Å². The topological polar surface area (TPSA) is 0 Å². The van der Waals surface area contributed by atoms with Crippen LogP contribution < -0.4 is 0 Å². The van der Waals surface area contributed by atoms with Gasteiger partial charge < -0.3 is 4.48 Å². The number of hydrogen-bond donors (Lipinski definition) is 0. The molecule has 1 unspecified atom stereocenters. The summed E-state index contributed by atoms with van der Waals surface area (Å²) in [7, 11) is 2.28. The number of alkyl halides is 1. The van der Waals surface area contributed by atoms with Gasteiger partial charge in [-0.05, 0) is 17.7 Å². The molecule has 0 fully saturated rings. The van der Waals surface area contributed by atoms with E-state index in [4.69, 9.17) is 11.6 Å². The number of nitrogens with zero attached hydrogens (tertiary/aromatic N) is 1. The highest BCUT2D eigenvalue weighted by Crippen LogP contribution is 2.22. The van der Waals surface area contributed by atoms with Gasteiger partial charge in [-0.3, -0.25) is 0 Å². The Morgan fingerprint density at radius 1 is 1.06 bits per heavy atom. The Kier molecular flexibility index (Phi) is 4.26. The number of rotatable bonds is 5. The van der Waals surface area contributed by atoms with Crippen molar-refractivity contribution in [3.05, 3.63) is 48.0 Å². The fraction of sp³-hybridized carbons (Fsp3) is 0.375. The zero-order chi connectivity index (χ0) is 13.0. The first kappa shape index (κ1) is 13.4. The van der Waals surface area contributed by atoms with Crippen molar-refractivity contribution in [1.82, 2.24) is 0 Å². The van der Waals surface area contributed by atoms with E-state index in [1.54, 1.807) is 0 Å². The van der Waals surface area contributed by atoms with Crippen LogP contribution in [0, 0.1) is 0 Å². The second-order valence-electron chi connectivity index (χ2n) is 5.14. The van der Waals surface area contributed by atoms with E-state index in [1.807, 2.05) is 0 Å². The van der Waals surface area contributed by atoms with Gasteiger partial charge in [-0.1, -0.05) is 42.5 Å². The van der Waals surface area contributed by atoms with E-state index in [0.29, 0.717) is 0 Å². The molecule has 2 aromatic carbocycles. The van der Waals surface area contributed by atoms with Crippen LogP contribution >= 0.6 is 11.6 Å². The number of benzene rings is 2. The number of halogens is 1. The maximum absolute atomic E-state index is 5.93. The van der Waals surface area contributed by atoms with Crippen LogP contribution in [0.3, 0.4) is 0 Å². The molecule has 96 valence electrons. The summed E-state index contributed by atoms with van der Waals surface area (Å²) >= 11 is 5.93. The molecule has 2 rings (SSSR count). The maximum Gasteiger partial charge on any atom is 0.105 e. The van der Waals surface area contributed by atoms with E-state index in [1.165, 1.54) is 16.3 Å². The minimum Gasteiger partial charge on any atom is -0.322 e. The molecule has 0 aliphatic rings. The van der Waals surface area contributed by atoms with Crippen molar-refractivity contribution >= 4 is 22.4 Å². The second kappa shape index (κ2) is 5.73. The van der Waals surface area contributed by atoms with Crippen LogP contribution in [0.25, 0.3) is 10.8 Å². The lowest BCUT2D eigenvalue weighted by molar-refractivity contribution is -0.918. The van der Waals surface area contributed by atoms with E-state index in [0.717, 1.165) is 30.0 Å². The SMILES string of the molecule is CC[N+](C)(CCCl)Cc1cccc2ccccc12. The predicted octanol–water partition coefficient (Wildman–Crippen LogP) is 4.05. The van der Waals surface area contributed by atoms with Gasteiger partial charge in [0.25, 0.3) is 0 Å². The molecule has 2 heteroatoms. The molecule has 0 saturated carbocycles. The third-order valence-electron chi connectivity index (χ3n) is 3.82. The molecule has 0 spiro atoms. The summed E-state index contributed by atoms with van der Waals surface area (Å²) in [6.45, 7) is 5.40. The van der Waals surface area contributed by atoms with Gasteiger partial charge >= 0.3 is 0 Å². The third-order valence-corrected chi connectivity index (χ3v) is 3.99. The highest BCUT2D eigenvalue weighted by atomic mass is 35.5. The first-order valence-electron chi connectivity index (χ1n) is 6.55. The molecule has 0 heterocycles. The zero-order valence-corrected chi connectivity index (χ0v) is 12.0. The molecule has 0 saturated heterocycles. The van der Waals surface area contributed by atoms with Crippen molar-refractivity contribution in [2.24, 2.45) is 0 Å². The van der Waals surface area contributed by atoms with Crippen molar-refractivity contribution < 1.29 is 4.48 Å². The Bertz CT molecular complexity index is 518. The lowest BCUT2D eigenvalue weighted by Crippen LogP contribution is -2.44. The van der Waals surface area contributed by atoms with Crippen molar-refractivity contribution in [2.45, 2.75) is 13.5 Å². The third kappa shape index (κ3) is 2.85. The lowest BCUT2D eigenvalue weighted by Gasteiger charge is -2.33. The summed E-state index contributed by atoms with van der Waals surface area (Å²) in [6, 6.07) is 15.2. The summed E-state index contributed by atoms with van der Waals surface area (Å²) in [4.78, 5) is 0. The zero-order valence-electron chi connectivity index (χ0n) is 11.2. The van der Waals surface area contributed by atoms with Gasteiger partial charge in [0.2, 0.25) is 0 Å². The molecule has 1 nitrogen and oxygen atoms in total. The molecule has 0 N–H and O–H groups in total. The summed E-state index contributed by atoms with van der Waals surface area (Å²) < 4.78 is 0.998. The Morgan fingerprint density at radius 3 is 2.50 bits per heavy atom. The number of fused-ring (bicyclic) bond motifs is 1. The smallest absolute Gasteiger partial charge is 0.105 e. The van der Waals surface area contributed by atoms with Gasteiger partial charge in [0.1, 0.15) is 6.54 Å². The normalized spacial score (nSPS) is 14.6. The van der Waals surface area contributed by atoms with Gasteiger partial charge in [-0.2, -0.15) is 0 Å². The van der Waals surface area contributed by atoms with Crippen LogP contribution in [-0.4, -0.2) is 30.5 Å². The molecule has 0 aromatic heterocycles. The van der Waals surface area contributed by atoms with Gasteiger partial charge in [0.05, 0.1) is 26.0 Å². The summed E-state index contributed by atoms with van der Waals surface area (Å²) in [5.74, 6) is 0.717. The van der Waals surface area contributed by atoms with Gasteiger partial charge in [-0.25, -0.2) is 0 Å². The van der Waals surface area contributed by atoms with Crippen LogP contribution in [0.2, 0.25) is 0 Å². The van der Waals surface area contributed by atoms with E-state index in [9.17, 15) is 0 Å². The maximum atomic E-state index is 5.93. The summed E-state index contributed by atoms with van der Waals surface area (Å²) in [5, 5.41) is 2.69. The van der Waals surface area contributed by atoms with E-state index in [-0.39, 0.29) is 0 Å². The molecule has 0 amide bonds. The standard InChI is InChI=1S/C16H21ClN/c1-3-18(2,12-11-17)13-15-9-6-8-14-7-4-5-10-16(14)15/h4-10H,3,11-13H2,1-2H3/q+1. The van der Waals surface area contributed by atoms with Gasteiger partial charge in [0, 0.05) is 5.56 Å². The van der Waals surface area contributed by atoms with Crippen molar-refractivity contribution in [3.63, 3.8) is 0 Å². The molecule has 2 aromatic rings. The van der Waals surface area contributed by atoms with Crippen molar-refractivity contribution in [3.8, 4) is 0 Å². The average Bonchev–Trinajstić information content (AvgIpc) is 2.39. The second-order valence-corrected chi connectivity index (χ2v) is 5.52. The Hall–Kier alpha value is -1.05. The highest BCUT2D eigenvalue weighted by molar-refractivity contribution is 6.17.